The van der Waals surface area contributed by atoms with Crippen LogP contribution in [0.15, 0.2) is 48.0 Å². The van der Waals surface area contributed by atoms with Crippen molar-refractivity contribution in [1.29, 1.82) is 0 Å². The second kappa shape index (κ2) is 6.19. The van der Waals surface area contributed by atoms with Crippen LogP contribution in [-0.4, -0.2) is 41.6 Å². The fraction of sp³-hybridized carbons (Fsp3) is 0.188. The van der Waals surface area contributed by atoms with Gasteiger partial charge in [0, 0.05) is 43.3 Å². The van der Waals surface area contributed by atoms with Gasteiger partial charge in [-0.2, -0.15) is 5.10 Å². The van der Waals surface area contributed by atoms with Gasteiger partial charge in [-0.1, -0.05) is 0 Å². The monoisotopic (exact) mass is 337 g/mol. The Morgan fingerprint density at radius 1 is 1.28 bits per heavy atom. The Morgan fingerprint density at radius 2 is 2.20 bits per heavy atom. The van der Waals surface area contributed by atoms with Crippen LogP contribution in [0.4, 0.5) is 0 Å². The number of hydrogen-bond donors (Lipinski definition) is 2. The zero-order valence-corrected chi connectivity index (χ0v) is 13.2. The van der Waals surface area contributed by atoms with Gasteiger partial charge >= 0.3 is 0 Å². The van der Waals surface area contributed by atoms with E-state index in [1.54, 1.807) is 41.6 Å². The van der Waals surface area contributed by atoms with Gasteiger partial charge in [-0.25, -0.2) is 14.5 Å². The lowest BCUT2D eigenvalue weighted by Gasteiger charge is -2.08. The maximum atomic E-state index is 12.6. The second-order valence-electron chi connectivity index (χ2n) is 5.58. The summed E-state index contributed by atoms with van der Waals surface area (Å²) in [6.45, 7) is 0.424. The smallest absolute Gasteiger partial charge is 0.262 e. The summed E-state index contributed by atoms with van der Waals surface area (Å²) in [6, 6.07) is 3.52. The first-order chi connectivity index (χ1) is 12.2. The first kappa shape index (κ1) is 15.1. The molecule has 2 N–H and O–H groups in total. The first-order valence-corrected chi connectivity index (χ1v) is 7.78. The highest BCUT2D eigenvalue weighted by Crippen LogP contribution is 2.10. The molecular weight excluding hydrogens is 322 g/mol. The van der Waals surface area contributed by atoms with Gasteiger partial charge in [0.25, 0.3) is 5.56 Å². The topological polar surface area (TPSA) is 110 Å². The van der Waals surface area contributed by atoms with Gasteiger partial charge in [0.2, 0.25) is 5.91 Å². The molecule has 0 aliphatic rings. The highest BCUT2D eigenvalue weighted by Gasteiger charge is 2.10. The molecule has 0 atom stereocenters. The average Bonchev–Trinajstić information content (AvgIpc) is 3.28. The van der Waals surface area contributed by atoms with Crippen LogP contribution in [0.25, 0.3) is 16.6 Å². The van der Waals surface area contributed by atoms with E-state index in [1.807, 2.05) is 0 Å². The normalized spacial score (nSPS) is 11.2. The van der Waals surface area contributed by atoms with Gasteiger partial charge in [0.1, 0.15) is 6.54 Å². The zero-order chi connectivity index (χ0) is 17.2. The molecule has 0 saturated carbocycles. The molecule has 9 heteroatoms. The van der Waals surface area contributed by atoms with Gasteiger partial charge in [0.05, 0.1) is 23.4 Å². The van der Waals surface area contributed by atoms with Crippen molar-refractivity contribution in [1.82, 2.24) is 34.4 Å². The van der Waals surface area contributed by atoms with E-state index in [0.29, 0.717) is 29.5 Å². The Hall–Kier alpha value is -3.49. The number of imidazole rings is 1. The van der Waals surface area contributed by atoms with E-state index < -0.39 is 0 Å². The molecule has 4 aromatic heterocycles. The molecule has 0 unspecified atom stereocenters. The molecule has 4 aromatic rings. The quantitative estimate of drug-likeness (QED) is 0.538. The zero-order valence-electron chi connectivity index (χ0n) is 13.2. The van der Waals surface area contributed by atoms with Crippen molar-refractivity contribution in [2.24, 2.45) is 0 Å². The van der Waals surface area contributed by atoms with Gasteiger partial charge in [-0.3, -0.25) is 9.59 Å². The fourth-order valence-electron chi connectivity index (χ4n) is 2.69. The number of nitrogens with one attached hydrogen (secondary N) is 2. The highest BCUT2D eigenvalue weighted by atomic mass is 16.2. The predicted octanol–water partition coefficient (Wildman–Crippen LogP) is 0.126. The third kappa shape index (κ3) is 2.87. The Kier molecular flexibility index (Phi) is 3.73. The molecule has 0 aromatic carbocycles. The van der Waals surface area contributed by atoms with Gasteiger partial charge in [-0.05, 0) is 6.07 Å². The van der Waals surface area contributed by atoms with E-state index in [1.165, 1.54) is 10.8 Å². The molecule has 4 rings (SSSR count). The SMILES string of the molecule is O=C(Cn1ccc2c(cnc3ccnn32)c1=O)NCCc1cnc[nH]1. The fourth-order valence-corrected chi connectivity index (χ4v) is 2.69. The molecule has 0 radical (unpaired) electrons. The van der Waals surface area contributed by atoms with E-state index in [2.05, 4.69) is 25.4 Å². The van der Waals surface area contributed by atoms with E-state index in [4.69, 9.17) is 0 Å². The number of fused-ring (bicyclic) bond motifs is 3. The summed E-state index contributed by atoms with van der Waals surface area (Å²) in [4.78, 5) is 35.7. The van der Waals surface area contributed by atoms with Crippen LogP contribution >= 0.6 is 0 Å². The van der Waals surface area contributed by atoms with E-state index in [0.717, 1.165) is 5.69 Å². The number of pyridine rings is 1. The van der Waals surface area contributed by atoms with E-state index >= 15 is 0 Å². The average molecular weight is 337 g/mol. The molecule has 0 saturated heterocycles. The van der Waals surface area contributed by atoms with Crippen molar-refractivity contribution in [2.75, 3.05) is 6.54 Å². The number of amides is 1. The third-order valence-electron chi connectivity index (χ3n) is 3.94. The number of aromatic amines is 1. The summed E-state index contributed by atoms with van der Waals surface area (Å²) in [5, 5.41) is 7.37. The Labute approximate surface area is 141 Å². The number of hydrogen-bond acceptors (Lipinski definition) is 5. The van der Waals surface area contributed by atoms with Crippen LogP contribution in [0.2, 0.25) is 0 Å². The van der Waals surface area contributed by atoms with Crippen molar-refractivity contribution in [3.63, 3.8) is 0 Å². The van der Waals surface area contributed by atoms with Crippen molar-refractivity contribution >= 4 is 22.5 Å². The Balaban J connectivity index is 1.51. The molecule has 1 amide bonds. The molecular formula is C16H15N7O2. The van der Waals surface area contributed by atoms with Gasteiger partial charge < -0.3 is 14.9 Å². The maximum absolute atomic E-state index is 12.6. The van der Waals surface area contributed by atoms with E-state index in [9.17, 15) is 9.59 Å². The van der Waals surface area contributed by atoms with Crippen LogP contribution in [0, 0.1) is 0 Å². The van der Waals surface area contributed by atoms with Gasteiger partial charge in [-0.15, -0.1) is 0 Å². The summed E-state index contributed by atoms with van der Waals surface area (Å²) in [7, 11) is 0. The van der Waals surface area contributed by atoms with E-state index in [-0.39, 0.29) is 18.0 Å². The summed E-state index contributed by atoms with van der Waals surface area (Å²) < 4.78 is 2.97. The summed E-state index contributed by atoms with van der Waals surface area (Å²) in [6.07, 6.45) is 8.70. The number of carbonyl (C=O) groups is 1. The van der Waals surface area contributed by atoms with Gasteiger partial charge in [0.15, 0.2) is 5.65 Å². The number of rotatable bonds is 5. The molecule has 9 nitrogen and oxygen atoms in total. The predicted molar refractivity (Wildman–Crippen MR) is 90.1 cm³/mol. The standard InChI is InChI=1S/C16H15N7O2/c24-15(18-4-1-11-7-17-10-20-11)9-22-6-3-13-12(16(22)25)8-19-14-2-5-21-23(13)14/h2-3,5-8,10H,1,4,9H2,(H,17,20)(H,18,24). The molecule has 0 spiro atoms. The summed E-state index contributed by atoms with van der Waals surface area (Å²) in [5.74, 6) is -0.228. The number of aromatic nitrogens is 6. The Morgan fingerprint density at radius 3 is 3.04 bits per heavy atom. The minimum Gasteiger partial charge on any atom is -0.354 e. The minimum atomic E-state index is -0.272. The number of carbonyl (C=O) groups excluding carboxylic acids is 1. The van der Waals surface area contributed by atoms with Crippen LogP contribution in [0.3, 0.4) is 0 Å². The lowest BCUT2D eigenvalue weighted by Crippen LogP contribution is -2.33. The van der Waals surface area contributed by atoms with Crippen molar-refractivity contribution < 1.29 is 4.79 Å². The van der Waals surface area contributed by atoms with Crippen molar-refractivity contribution in [2.45, 2.75) is 13.0 Å². The van der Waals surface area contributed by atoms with Crippen LogP contribution in [0.5, 0.6) is 0 Å². The molecule has 126 valence electrons. The largest absolute Gasteiger partial charge is 0.354 e. The number of H-pyrrole nitrogens is 1. The van der Waals surface area contributed by atoms with Crippen LogP contribution < -0.4 is 10.9 Å². The first-order valence-electron chi connectivity index (χ1n) is 7.78. The second-order valence-corrected chi connectivity index (χ2v) is 5.58. The lowest BCUT2D eigenvalue weighted by atomic mass is 10.3. The van der Waals surface area contributed by atoms with Crippen molar-refractivity contribution in [3.05, 3.63) is 59.3 Å². The number of nitrogens with zero attached hydrogens (tertiary/aromatic N) is 5. The maximum Gasteiger partial charge on any atom is 0.262 e. The molecule has 25 heavy (non-hydrogen) atoms. The molecule has 0 bridgehead atoms. The highest BCUT2D eigenvalue weighted by molar-refractivity contribution is 5.80. The minimum absolute atomic E-state index is 0.0467. The molecule has 0 fully saturated rings. The Bertz CT molecular complexity index is 1090. The summed E-state index contributed by atoms with van der Waals surface area (Å²) >= 11 is 0. The molecule has 4 heterocycles. The molecule has 0 aliphatic heterocycles. The van der Waals surface area contributed by atoms with Crippen LogP contribution in [-0.2, 0) is 17.8 Å². The summed E-state index contributed by atoms with van der Waals surface area (Å²) in [5.41, 5.74) is 2.00. The third-order valence-corrected chi connectivity index (χ3v) is 3.94. The molecule has 0 aliphatic carbocycles. The lowest BCUT2D eigenvalue weighted by molar-refractivity contribution is -0.121. The van der Waals surface area contributed by atoms with Crippen molar-refractivity contribution in [3.8, 4) is 0 Å². The van der Waals surface area contributed by atoms with Crippen LogP contribution in [0.1, 0.15) is 5.69 Å².